The van der Waals surface area contributed by atoms with Crippen LogP contribution in [-0.2, 0) is 4.79 Å². The summed E-state index contributed by atoms with van der Waals surface area (Å²) in [5, 5.41) is 0. The first-order chi connectivity index (χ1) is 6.09. The number of hydrogen-bond donors (Lipinski definition) is 2. The molecule has 0 fully saturated rings. The van der Waals surface area contributed by atoms with E-state index < -0.39 is 0 Å². The van der Waals surface area contributed by atoms with Gasteiger partial charge < -0.3 is 0 Å². The second-order valence-electron chi connectivity index (χ2n) is 2.29. The predicted octanol–water partition coefficient (Wildman–Crippen LogP) is 1.29. The van der Waals surface area contributed by atoms with Gasteiger partial charge in [0, 0.05) is 6.92 Å². The van der Waals surface area contributed by atoms with Crippen LogP contribution in [0.2, 0.25) is 0 Å². The van der Waals surface area contributed by atoms with Crippen LogP contribution >= 0.6 is 22.6 Å². The molecular formula is C7H7FIN3O. The highest BCUT2D eigenvalue weighted by molar-refractivity contribution is 14.1. The standard InChI is InChI=1S/C7H7FIN3O/c1-4(13)11-12-7-2-6(9)5(8)3-10-7/h2-3H,1H3,(H,10,12)(H,11,13). The summed E-state index contributed by atoms with van der Waals surface area (Å²) in [6.07, 6.45) is 1.09. The van der Waals surface area contributed by atoms with Crippen LogP contribution in [0, 0.1) is 9.39 Å². The average molecular weight is 295 g/mol. The van der Waals surface area contributed by atoms with Crippen molar-refractivity contribution in [1.29, 1.82) is 0 Å². The smallest absolute Gasteiger partial charge is 0.235 e. The number of pyridine rings is 1. The summed E-state index contributed by atoms with van der Waals surface area (Å²) in [4.78, 5) is 14.2. The third-order valence-electron chi connectivity index (χ3n) is 1.18. The fourth-order valence-electron chi connectivity index (χ4n) is 0.635. The fourth-order valence-corrected chi connectivity index (χ4v) is 1.07. The van der Waals surface area contributed by atoms with Gasteiger partial charge in [-0.3, -0.25) is 15.6 Å². The Bertz CT molecular complexity index is 332. The first-order valence-corrected chi connectivity index (χ1v) is 4.51. The molecule has 1 rings (SSSR count). The third-order valence-corrected chi connectivity index (χ3v) is 2.00. The minimum absolute atomic E-state index is 0.235. The van der Waals surface area contributed by atoms with Crippen molar-refractivity contribution in [3.63, 3.8) is 0 Å². The number of nitrogens with one attached hydrogen (secondary N) is 2. The van der Waals surface area contributed by atoms with E-state index in [9.17, 15) is 9.18 Å². The number of hydrogen-bond acceptors (Lipinski definition) is 3. The van der Waals surface area contributed by atoms with E-state index in [2.05, 4.69) is 15.8 Å². The van der Waals surface area contributed by atoms with Crippen LogP contribution in [0.4, 0.5) is 10.2 Å². The van der Waals surface area contributed by atoms with Crippen LogP contribution in [-0.4, -0.2) is 10.9 Å². The zero-order valence-corrected chi connectivity index (χ0v) is 8.92. The SMILES string of the molecule is CC(=O)NNc1cc(I)c(F)cn1. The van der Waals surface area contributed by atoms with Gasteiger partial charge in [-0.2, -0.15) is 0 Å². The molecule has 0 spiro atoms. The van der Waals surface area contributed by atoms with Crippen LogP contribution in [0.1, 0.15) is 6.92 Å². The molecule has 13 heavy (non-hydrogen) atoms. The van der Waals surface area contributed by atoms with Crippen molar-refractivity contribution in [1.82, 2.24) is 10.4 Å². The van der Waals surface area contributed by atoms with E-state index in [-0.39, 0.29) is 11.7 Å². The Morgan fingerprint density at radius 3 is 2.92 bits per heavy atom. The number of aromatic nitrogens is 1. The number of amides is 1. The van der Waals surface area contributed by atoms with Gasteiger partial charge in [-0.1, -0.05) is 0 Å². The van der Waals surface area contributed by atoms with Crippen molar-refractivity contribution in [3.05, 3.63) is 21.7 Å². The van der Waals surface area contributed by atoms with Gasteiger partial charge >= 0.3 is 0 Å². The Morgan fingerprint density at radius 2 is 2.38 bits per heavy atom. The van der Waals surface area contributed by atoms with Gasteiger partial charge in [-0.05, 0) is 28.7 Å². The van der Waals surface area contributed by atoms with Crippen molar-refractivity contribution < 1.29 is 9.18 Å². The summed E-state index contributed by atoms with van der Waals surface area (Å²) in [6.45, 7) is 1.36. The van der Waals surface area contributed by atoms with Crippen molar-refractivity contribution in [2.45, 2.75) is 6.92 Å². The summed E-state index contributed by atoms with van der Waals surface area (Å²) in [5.74, 6) is -0.212. The van der Waals surface area contributed by atoms with Crippen molar-refractivity contribution in [3.8, 4) is 0 Å². The zero-order chi connectivity index (χ0) is 9.84. The van der Waals surface area contributed by atoms with E-state index in [4.69, 9.17) is 0 Å². The van der Waals surface area contributed by atoms with Gasteiger partial charge in [0.05, 0.1) is 9.77 Å². The van der Waals surface area contributed by atoms with Gasteiger partial charge in [-0.25, -0.2) is 9.37 Å². The highest BCUT2D eigenvalue weighted by Gasteiger charge is 2.00. The normalized spacial score (nSPS) is 9.46. The predicted molar refractivity (Wildman–Crippen MR) is 54.4 cm³/mol. The molecule has 0 radical (unpaired) electrons. The summed E-state index contributed by atoms with van der Waals surface area (Å²) in [7, 11) is 0. The summed E-state index contributed by atoms with van der Waals surface area (Å²) >= 11 is 1.84. The fraction of sp³-hybridized carbons (Fsp3) is 0.143. The first kappa shape index (κ1) is 10.2. The number of hydrazine groups is 1. The molecule has 0 aliphatic carbocycles. The van der Waals surface area contributed by atoms with E-state index in [0.717, 1.165) is 6.20 Å². The molecule has 1 heterocycles. The summed E-state index contributed by atoms with van der Waals surface area (Å²) < 4.78 is 13.2. The molecule has 0 bridgehead atoms. The second kappa shape index (κ2) is 4.35. The van der Waals surface area contributed by atoms with Crippen LogP contribution < -0.4 is 10.9 Å². The lowest BCUT2D eigenvalue weighted by atomic mass is 10.4. The van der Waals surface area contributed by atoms with E-state index in [1.807, 2.05) is 22.6 Å². The summed E-state index contributed by atoms with van der Waals surface area (Å²) in [5.41, 5.74) is 4.86. The van der Waals surface area contributed by atoms with E-state index in [1.165, 1.54) is 13.0 Å². The molecule has 4 nitrogen and oxygen atoms in total. The molecule has 0 unspecified atom stereocenters. The molecule has 1 aromatic rings. The van der Waals surface area contributed by atoms with Gasteiger partial charge in [0.25, 0.3) is 0 Å². The van der Waals surface area contributed by atoms with Crippen LogP contribution in [0.3, 0.4) is 0 Å². The van der Waals surface area contributed by atoms with Crippen LogP contribution in [0.5, 0.6) is 0 Å². The van der Waals surface area contributed by atoms with Crippen LogP contribution in [0.15, 0.2) is 12.3 Å². The number of nitrogens with zero attached hydrogens (tertiary/aromatic N) is 1. The topological polar surface area (TPSA) is 54.0 Å². The molecule has 1 aromatic heterocycles. The molecular weight excluding hydrogens is 288 g/mol. The highest BCUT2D eigenvalue weighted by atomic mass is 127. The molecule has 0 aliphatic heterocycles. The Kier molecular flexibility index (Phi) is 3.40. The molecule has 70 valence electrons. The highest BCUT2D eigenvalue weighted by Crippen LogP contribution is 2.12. The van der Waals surface area contributed by atoms with Gasteiger partial charge in [0.1, 0.15) is 5.82 Å². The first-order valence-electron chi connectivity index (χ1n) is 3.43. The Labute approximate surface area is 88.0 Å². The Morgan fingerprint density at radius 1 is 1.69 bits per heavy atom. The van der Waals surface area contributed by atoms with Gasteiger partial charge in [0.15, 0.2) is 5.82 Å². The van der Waals surface area contributed by atoms with Gasteiger partial charge in [0.2, 0.25) is 5.91 Å². The third kappa shape index (κ3) is 3.13. The number of anilines is 1. The zero-order valence-electron chi connectivity index (χ0n) is 6.77. The molecule has 0 aliphatic rings. The quantitative estimate of drug-likeness (QED) is 0.638. The Hall–Kier alpha value is -0.920. The molecule has 0 atom stereocenters. The number of carbonyl (C=O) groups excluding carboxylic acids is 1. The average Bonchev–Trinajstić information content (AvgIpc) is 2.07. The maximum Gasteiger partial charge on any atom is 0.235 e. The monoisotopic (exact) mass is 295 g/mol. The van der Waals surface area contributed by atoms with Crippen molar-refractivity contribution in [2.24, 2.45) is 0 Å². The molecule has 1 amide bonds. The second-order valence-corrected chi connectivity index (χ2v) is 3.45. The molecule has 6 heteroatoms. The minimum atomic E-state index is -0.381. The van der Waals surface area contributed by atoms with Crippen molar-refractivity contribution >= 4 is 34.3 Å². The lowest BCUT2D eigenvalue weighted by molar-refractivity contribution is -0.118. The number of halogens is 2. The largest absolute Gasteiger partial charge is 0.282 e. The minimum Gasteiger partial charge on any atom is -0.282 e. The van der Waals surface area contributed by atoms with E-state index >= 15 is 0 Å². The Balaban J connectivity index is 2.68. The molecule has 2 N–H and O–H groups in total. The maximum absolute atomic E-state index is 12.7. The van der Waals surface area contributed by atoms with Crippen LogP contribution in [0.25, 0.3) is 0 Å². The number of rotatable bonds is 2. The van der Waals surface area contributed by atoms with E-state index in [0.29, 0.717) is 9.39 Å². The van der Waals surface area contributed by atoms with E-state index in [1.54, 1.807) is 0 Å². The molecule has 0 saturated heterocycles. The molecule has 0 aromatic carbocycles. The maximum atomic E-state index is 12.7. The lowest BCUT2D eigenvalue weighted by Gasteiger charge is -2.05. The van der Waals surface area contributed by atoms with Gasteiger partial charge in [-0.15, -0.1) is 0 Å². The number of carbonyl (C=O) groups is 1. The lowest BCUT2D eigenvalue weighted by Crippen LogP contribution is -2.27. The van der Waals surface area contributed by atoms with Crippen molar-refractivity contribution in [2.75, 3.05) is 5.43 Å². The summed E-state index contributed by atoms with van der Waals surface area (Å²) in [6, 6.07) is 1.49. The molecule has 0 saturated carbocycles.